The molecule has 1 aromatic carbocycles. The third-order valence-electron chi connectivity index (χ3n) is 4.56. The average Bonchev–Trinajstić information content (AvgIpc) is 2.84. The molecule has 0 spiro atoms. The number of hydrogen-bond donors (Lipinski definition) is 1. The molecular weight excluding hydrogens is 254 g/mol. The van der Waals surface area contributed by atoms with Crippen LogP contribution in [0.1, 0.15) is 44.3 Å². The van der Waals surface area contributed by atoms with E-state index in [4.69, 9.17) is 4.74 Å². The summed E-state index contributed by atoms with van der Waals surface area (Å²) in [5, 5.41) is 9.79. The van der Waals surface area contributed by atoms with Gasteiger partial charge in [0.15, 0.2) is 0 Å². The average molecular weight is 275 g/mol. The molecule has 4 heteroatoms. The normalized spacial score (nSPS) is 33.3. The highest BCUT2D eigenvalue weighted by Crippen LogP contribution is 2.47. The van der Waals surface area contributed by atoms with Crippen LogP contribution in [0, 0.1) is 0 Å². The van der Waals surface area contributed by atoms with E-state index in [1.165, 1.54) is 0 Å². The molecule has 0 saturated carbocycles. The van der Waals surface area contributed by atoms with Crippen molar-refractivity contribution >= 4 is 5.91 Å². The molecule has 3 atom stereocenters. The zero-order valence-corrected chi connectivity index (χ0v) is 11.8. The number of aliphatic hydroxyl groups is 1. The summed E-state index contributed by atoms with van der Waals surface area (Å²) in [6, 6.07) is 9.61. The van der Waals surface area contributed by atoms with Gasteiger partial charge in [0.1, 0.15) is 11.8 Å². The second-order valence-electron chi connectivity index (χ2n) is 5.62. The van der Waals surface area contributed by atoms with Crippen LogP contribution in [0.2, 0.25) is 0 Å². The van der Waals surface area contributed by atoms with Gasteiger partial charge >= 0.3 is 0 Å². The minimum absolute atomic E-state index is 0.0624. The molecule has 2 heterocycles. The first kappa shape index (κ1) is 13.6. The summed E-state index contributed by atoms with van der Waals surface area (Å²) in [4.78, 5) is 14.1. The quantitative estimate of drug-likeness (QED) is 0.920. The van der Waals surface area contributed by atoms with Crippen LogP contribution < -0.4 is 0 Å². The van der Waals surface area contributed by atoms with Crippen LogP contribution in [-0.4, -0.2) is 34.3 Å². The number of piperidine rings is 1. The van der Waals surface area contributed by atoms with Gasteiger partial charge in [-0.3, -0.25) is 4.79 Å². The van der Waals surface area contributed by atoms with Gasteiger partial charge in [-0.2, -0.15) is 0 Å². The zero-order chi connectivity index (χ0) is 14.2. The minimum atomic E-state index is -0.525. The lowest BCUT2D eigenvalue weighted by molar-refractivity contribution is -0.165. The second kappa shape index (κ2) is 5.19. The van der Waals surface area contributed by atoms with Gasteiger partial charge in [-0.05, 0) is 24.8 Å². The fourth-order valence-corrected chi connectivity index (χ4v) is 3.58. The number of ether oxygens (including phenoxy) is 1. The Morgan fingerprint density at radius 2 is 2.15 bits per heavy atom. The van der Waals surface area contributed by atoms with Crippen molar-refractivity contribution in [3.8, 4) is 0 Å². The highest BCUT2D eigenvalue weighted by Gasteiger charge is 2.55. The predicted molar refractivity (Wildman–Crippen MR) is 74.9 cm³/mol. The fraction of sp³-hybridized carbons (Fsp3) is 0.562. The summed E-state index contributed by atoms with van der Waals surface area (Å²) in [6.07, 6.45) is 2.81. The van der Waals surface area contributed by atoms with Crippen LogP contribution in [-0.2, 0) is 9.53 Å². The summed E-state index contributed by atoms with van der Waals surface area (Å²) in [5.74, 6) is 0.107. The van der Waals surface area contributed by atoms with E-state index in [0.29, 0.717) is 6.42 Å². The number of fused-ring (bicyclic) bond motifs is 1. The first-order valence-corrected chi connectivity index (χ1v) is 7.37. The minimum Gasteiger partial charge on any atom is -0.394 e. The molecule has 4 nitrogen and oxygen atoms in total. The van der Waals surface area contributed by atoms with Crippen molar-refractivity contribution in [3.05, 3.63) is 35.9 Å². The van der Waals surface area contributed by atoms with E-state index in [1.54, 1.807) is 0 Å². The van der Waals surface area contributed by atoms with E-state index in [9.17, 15) is 9.90 Å². The zero-order valence-electron chi connectivity index (χ0n) is 11.8. The first-order valence-electron chi connectivity index (χ1n) is 7.37. The van der Waals surface area contributed by atoms with Crippen LogP contribution in [0.3, 0.4) is 0 Å². The van der Waals surface area contributed by atoms with Gasteiger partial charge in [0.25, 0.3) is 0 Å². The second-order valence-corrected chi connectivity index (χ2v) is 5.62. The SMILES string of the molecule is CCC12CCCC(=O)N1C(CO)C(c1ccccc1)O2. The van der Waals surface area contributed by atoms with Gasteiger partial charge in [0, 0.05) is 6.42 Å². The third-order valence-corrected chi connectivity index (χ3v) is 4.56. The van der Waals surface area contributed by atoms with E-state index < -0.39 is 5.72 Å². The van der Waals surface area contributed by atoms with Gasteiger partial charge in [-0.15, -0.1) is 0 Å². The van der Waals surface area contributed by atoms with Crippen molar-refractivity contribution in [2.24, 2.45) is 0 Å². The molecule has 0 radical (unpaired) electrons. The van der Waals surface area contributed by atoms with Crippen molar-refractivity contribution in [1.29, 1.82) is 0 Å². The van der Waals surface area contributed by atoms with Crippen LogP contribution >= 0.6 is 0 Å². The molecule has 1 amide bonds. The molecule has 1 aromatic rings. The van der Waals surface area contributed by atoms with Gasteiger partial charge in [0.05, 0.1) is 12.6 Å². The van der Waals surface area contributed by atoms with Gasteiger partial charge in [0.2, 0.25) is 5.91 Å². The molecule has 1 N–H and O–H groups in total. The van der Waals surface area contributed by atoms with Crippen molar-refractivity contribution in [1.82, 2.24) is 4.90 Å². The van der Waals surface area contributed by atoms with E-state index in [2.05, 4.69) is 0 Å². The summed E-state index contributed by atoms with van der Waals surface area (Å²) in [7, 11) is 0. The molecule has 2 aliphatic rings. The maximum Gasteiger partial charge on any atom is 0.225 e. The Bertz CT molecular complexity index is 490. The maximum atomic E-state index is 12.3. The Balaban J connectivity index is 2.00. The van der Waals surface area contributed by atoms with Crippen molar-refractivity contribution < 1.29 is 14.6 Å². The van der Waals surface area contributed by atoms with E-state index >= 15 is 0 Å². The molecule has 2 fully saturated rings. The topological polar surface area (TPSA) is 49.8 Å². The first-order chi connectivity index (χ1) is 9.72. The van der Waals surface area contributed by atoms with E-state index in [0.717, 1.165) is 24.8 Å². The summed E-state index contributed by atoms with van der Waals surface area (Å²) in [6.45, 7) is 1.99. The number of amides is 1. The number of carbonyl (C=O) groups excluding carboxylic acids is 1. The molecule has 0 aliphatic carbocycles. The highest BCUT2D eigenvalue weighted by atomic mass is 16.5. The van der Waals surface area contributed by atoms with E-state index in [-0.39, 0.29) is 24.7 Å². The standard InChI is InChI=1S/C16H21NO3/c1-2-16-10-6-9-14(19)17(16)13(11-18)15(20-16)12-7-4-3-5-8-12/h3-5,7-8,13,15,18H,2,6,9-11H2,1H3. The lowest BCUT2D eigenvalue weighted by atomic mass is 9.94. The number of hydrogen-bond acceptors (Lipinski definition) is 3. The summed E-state index contributed by atoms with van der Waals surface area (Å²) >= 11 is 0. The number of rotatable bonds is 3. The molecular formula is C16H21NO3. The molecule has 20 heavy (non-hydrogen) atoms. The monoisotopic (exact) mass is 275 g/mol. The lowest BCUT2D eigenvalue weighted by Gasteiger charge is -2.41. The van der Waals surface area contributed by atoms with Gasteiger partial charge in [-0.1, -0.05) is 37.3 Å². The smallest absolute Gasteiger partial charge is 0.225 e. The molecule has 2 aliphatic heterocycles. The van der Waals surface area contributed by atoms with E-state index in [1.807, 2.05) is 42.2 Å². The lowest BCUT2D eigenvalue weighted by Crippen LogP contribution is -2.54. The Kier molecular flexibility index (Phi) is 3.52. The molecule has 108 valence electrons. The molecule has 0 aromatic heterocycles. The number of nitrogens with zero attached hydrogens (tertiary/aromatic N) is 1. The molecule has 2 saturated heterocycles. The highest BCUT2D eigenvalue weighted by molar-refractivity contribution is 5.78. The van der Waals surface area contributed by atoms with Crippen LogP contribution in [0.25, 0.3) is 0 Å². The van der Waals surface area contributed by atoms with Gasteiger partial charge < -0.3 is 14.7 Å². The summed E-state index contributed by atoms with van der Waals surface area (Å²) in [5.41, 5.74) is 0.505. The molecule has 3 unspecified atom stereocenters. The van der Waals surface area contributed by atoms with Crippen LogP contribution in [0.4, 0.5) is 0 Å². The largest absolute Gasteiger partial charge is 0.394 e. The van der Waals surface area contributed by atoms with Gasteiger partial charge in [-0.25, -0.2) is 0 Å². The van der Waals surface area contributed by atoms with Crippen molar-refractivity contribution in [3.63, 3.8) is 0 Å². The molecule has 0 bridgehead atoms. The fourth-order valence-electron chi connectivity index (χ4n) is 3.58. The van der Waals surface area contributed by atoms with Crippen molar-refractivity contribution in [2.45, 2.75) is 50.5 Å². The Morgan fingerprint density at radius 1 is 1.40 bits per heavy atom. The molecule has 3 rings (SSSR count). The van der Waals surface area contributed by atoms with Crippen LogP contribution in [0.5, 0.6) is 0 Å². The van der Waals surface area contributed by atoms with Crippen molar-refractivity contribution in [2.75, 3.05) is 6.61 Å². The maximum absolute atomic E-state index is 12.3. The van der Waals surface area contributed by atoms with Crippen LogP contribution in [0.15, 0.2) is 30.3 Å². The number of benzene rings is 1. The number of aliphatic hydroxyl groups excluding tert-OH is 1. The Morgan fingerprint density at radius 3 is 2.80 bits per heavy atom. The Labute approximate surface area is 119 Å². The predicted octanol–water partition coefficient (Wildman–Crippen LogP) is 2.24. The third kappa shape index (κ3) is 1.95. The summed E-state index contributed by atoms with van der Waals surface area (Å²) < 4.78 is 6.31. The number of carbonyl (C=O) groups is 1. The Hall–Kier alpha value is -1.39.